The van der Waals surface area contributed by atoms with Gasteiger partial charge in [-0.1, -0.05) is 25.7 Å². The second-order valence-corrected chi connectivity index (χ2v) is 2.36. The average molecular weight is 147 g/mol. The van der Waals surface area contributed by atoms with Crippen molar-refractivity contribution in [1.29, 1.82) is 0 Å². The first-order chi connectivity index (χ1) is 5.38. The summed E-state index contributed by atoms with van der Waals surface area (Å²) >= 11 is 0. The van der Waals surface area contributed by atoms with Gasteiger partial charge >= 0.3 is 0 Å². The van der Waals surface area contributed by atoms with Gasteiger partial charge in [0.2, 0.25) is 0 Å². The van der Waals surface area contributed by atoms with Crippen molar-refractivity contribution < 1.29 is 0 Å². The Balaban J connectivity index is 2.84. The fourth-order valence-electron chi connectivity index (χ4n) is 0.952. The molecule has 0 spiro atoms. The lowest BCUT2D eigenvalue weighted by Crippen LogP contribution is -1.73. The molecule has 0 unspecified atom stereocenters. The van der Waals surface area contributed by atoms with E-state index in [2.05, 4.69) is 30.6 Å². The van der Waals surface area contributed by atoms with Crippen molar-refractivity contribution in [2.45, 2.75) is 13.3 Å². The summed E-state index contributed by atoms with van der Waals surface area (Å²) in [5.41, 5.74) is 2.30. The molecule has 0 fully saturated rings. The maximum Gasteiger partial charge on any atom is 0.0450 e. The molecule has 1 N–H and O–H groups in total. The number of allylic oxidation sites excluding steroid dienone is 1. The minimum absolute atomic E-state index is 1.07. The Labute approximate surface area is 67.5 Å². The van der Waals surface area contributed by atoms with Gasteiger partial charge in [-0.3, -0.25) is 0 Å². The van der Waals surface area contributed by atoms with E-state index in [1.807, 2.05) is 18.3 Å². The summed E-state index contributed by atoms with van der Waals surface area (Å²) in [6, 6.07) is 2.02. The second kappa shape index (κ2) is 3.81. The van der Waals surface area contributed by atoms with Crippen LogP contribution in [-0.4, -0.2) is 4.98 Å². The molecule has 1 nitrogen and oxygen atoms in total. The van der Waals surface area contributed by atoms with Crippen molar-refractivity contribution in [3.05, 3.63) is 36.2 Å². The lowest BCUT2D eigenvalue weighted by atomic mass is 10.2. The summed E-state index contributed by atoms with van der Waals surface area (Å²) < 4.78 is 0. The van der Waals surface area contributed by atoms with E-state index in [1.54, 1.807) is 0 Å². The van der Waals surface area contributed by atoms with E-state index >= 15 is 0 Å². The van der Waals surface area contributed by atoms with Gasteiger partial charge in [0.05, 0.1) is 0 Å². The van der Waals surface area contributed by atoms with Crippen LogP contribution >= 0.6 is 0 Å². The molecule has 0 saturated heterocycles. The Kier molecular flexibility index (Phi) is 2.73. The van der Waals surface area contributed by atoms with Crippen molar-refractivity contribution >= 4 is 12.2 Å². The SMILES string of the molecule is C=Cc1cc[nH]c1/C=C\CC. The van der Waals surface area contributed by atoms with Crippen LogP contribution in [-0.2, 0) is 0 Å². The molecule has 1 aromatic rings. The minimum Gasteiger partial charge on any atom is -0.361 e. The van der Waals surface area contributed by atoms with Crippen molar-refractivity contribution in [3.8, 4) is 0 Å². The average Bonchev–Trinajstić information content (AvgIpc) is 2.47. The van der Waals surface area contributed by atoms with E-state index in [0.29, 0.717) is 0 Å². The molecule has 1 aromatic heterocycles. The largest absolute Gasteiger partial charge is 0.361 e. The lowest BCUT2D eigenvalue weighted by Gasteiger charge is -1.89. The Morgan fingerprint density at radius 2 is 2.45 bits per heavy atom. The molecule has 0 aliphatic carbocycles. The van der Waals surface area contributed by atoms with Crippen molar-refractivity contribution in [2.24, 2.45) is 0 Å². The van der Waals surface area contributed by atoms with E-state index in [-0.39, 0.29) is 0 Å². The first kappa shape index (κ1) is 7.86. The van der Waals surface area contributed by atoms with Crippen LogP contribution in [0.5, 0.6) is 0 Å². The van der Waals surface area contributed by atoms with Crippen LogP contribution in [0.15, 0.2) is 24.9 Å². The quantitative estimate of drug-likeness (QED) is 0.676. The van der Waals surface area contributed by atoms with Crippen molar-refractivity contribution in [1.82, 2.24) is 4.98 Å². The van der Waals surface area contributed by atoms with E-state index in [0.717, 1.165) is 17.7 Å². The van der Waals surface area contributed by atoms with Crippen LogP contribution in [0.1, 0.15) is 24.6 Å². The topological polar surface area (TPSA) is 15.8 Å². The number of hydrogen-bond donors (Lipinski definition) is 1. The number of rotatable bonds is 3. The van der Waals surface area contributed by atoms with Crippen LogP contribution in [0.3, 0.4) is 0 Å². The van der Waals surface area contributed by atoms with Gasteiger partial charge < -0.3 is 4.98 Å². The summed E-state index contributed by atoms with van der Waals surface area (Å²) in [5, 5.41) is 0. The summed E-state index contributed by atoms with van der Waals surface area (Å²) in [4.78, 5) is 3.13. The molecular formula is C10H13N. The molecule has 0 amide bonds. The maximum atomic E-state index is 3.72. The van der Waals surface area contributed by atoms with Gasteiger partial charge in [-0.25, -0.2) is 0 Å². The minimum atomic E-state index is 1.07. The van der Waals surface area contributed by atoms with Gasteiger partial charge in [0.15, 0.2) is 0 Å². The molecule has 0 aliphatic heterocycles. The molecule has 0 aromatic carbocycles. The molecular weight excluding hydrogens is 134 g/mol. The first-order valence-corrected chi connectivity index (χ1v) is 3.84. The fraction of sp³-hybridized carbons (Fsp3) is 0.200. The van der Waals surface area contributed by atoms with Crippen LogP contribution < -0.4 is 0 Å². The number of H-pyrrole nitrogens is 1. The third kappa shape index (κ3) is 1.84. The first-order valence-electron chi connectivity index (χ1n) is 3.84. The third-order valence-electron chi connectivity index (χ3n) is 1.55. The van der Waals surface area contributed by atoms with Gasteiger partial charge in [0.25, 0.3) is 0 Å². The zero-order chi connectivity index (χ0) is 8.10. The molecule has 0 radical (unpaired) electrons. The molecule has 1 heteroatoms. The van der Waals surface area contributed by atoms with Crippen LogP contribution in [0.4, 0.5) is 0 Å². The normalized spacial score (nSPS) is 10.6. The number of aromatic nitrogens is 1. The highest BCUT2D eigenvalue weighted by atomic mass is 14.7. The maximum absolute atomic E-state index is 3.72. The monoisotopic (exact) mass is 147 g/mol. The van der Waals surface area contributed by atoms with E-state index in [4.69, 9.17) is 0 Å². The van der Waals surface area contributed by atoms with E-state index in [1.165, 1.54) is 0 Å². The van der Waals surface area contributed by atoms with Gasteiger partial charge in [-0.05, 0) is 24.1 Å². The molecule has 0 aliphatic rings. The van der Waals surface area contributed by atoms with Crippen molar-refractivity contribution in [2.75, 3.05) is 0 Å². The predicted molar refractivity (Wildman–Crippen MR) is 50.2 cm³/mol. The molecule has 1 heterocycles. The van der Waals surface area contributed by atoms with E-state index < -0.39 is 0 Å². The standard InChI is InChI=1S/C10H13N/c1-3-5-6-10-9(4-2)7-8-11-10/h4-8,11H,2-3H2,1H3/b6-5-. The van der Waals surface area contributed by atoms with Gasteiger partial charge in [-0.15, -0.1) is 0 Å². The summed E-state index contributed by atoms with van der Waals surface area (Å²) in [7, 11) is 0. The fourth-order valence-corrected chi connectivity index (χ4v) is 0.952. The predicted octanol–water partition coefficient (Wildman–Crippen LogP) is 3.08. The Morgan fingerprint density at radius 3 is 3.09 bits per heavy atom. The zero-order valence-electron chi connectivity index (χ0n) is 6.80. The Bertz CT molecular complexity index is 256. The van der Waals surface area contributed by atoms with Gasteiger partial charge in [0, 0.05) is 11.9 Å². The van der Waals surface area contributed by atoms with Crippen LogP contribution in [0, 0.1) is 0 Å². The number of aromatic amines is 1. The summed E-state index contributed by atoms with van der Waals surface area (Å²) in [5.74, 6) is 0. The van der Waals surface area contributed by atoms with Crippen LogP contribution in [0.25, 0.3) is 12.2 Å². The third-order valence-corrected chi connectivity index (χ3v) is 1.55. The highest BCUT2D eigenvalue weighted by molar-refractivity contribution is 5.61. The zero-order valence-corrected chi connectivity index (χ0v) is 6.80. The molecule has 0 saturated carbocycles. The lowest BCUT2D eigenvalue weighted by molar-refractivity contribution is 1.23. The highest BCUT2D eigenvalue weighted by Gasteiger charge is 1.92. The van der Waals surface area contributed by atoms with Gasteiger partial charge in [-0.2, -0.15) is 0 Å². The number of nitrogens with one attached hydrogen (secondary N) is 1. The molecule has 58 valence electrons. The van der Waals surface area contributed by atoms with Crippen molar-refractivity contribution in [3.63, 3.8) is 0 Å². The molecule has 0 bridgehead atoms. The molecule has 0 atom stereocenters. The highest BCUT2D eigenvalue weighted by Crippen LogP contribution is 2.09. The molecule has 1 rings (SSSR count). The Hall–Kier alpha value is -1.24. The Morgan fingerprint density at radius 1 is 1.64 bits per heavy atom. The summed E-state index contributed by atoms with van der Waals surface area (Å²) in [6.45, 7) is 5.84. The smallest absolute Gasteiger partial charge is 0.0450 e. The number of hydrogen-bond acceptors (Lipinski definition) is 0. The van der Waals surface area contributed by atoms with E-state index in [9.17, 15) is 0 Å². The van der Waals surface area contributed by atoms with Gasteiger partial charge in [0.1, 0.15) is 0 Å². The van der Waals surface area contributed by atoms with Crippen LogP contribution in [0.2, 0.25) is 0 Å². The molecule has 11 heavy (non-hydrogen) atoms. The second-order valence-electron chi connectivity index (χ2n) is 2.36. The summed E-state index contributed by atoms with van der Waals surface area (Å²) in [6.07, 6.45) is 9.05.